The van der Waals surface area contributed by atoms with Crippen LogP contribution in [-0.4, -0.2) is 41.1 Å². The van der Waals surface area contributed by atoms with Crippen LogP contribution in [0.5, 0.6) is 0 Å². The number of carboxylic acid groups (broad SMARTS) is 1. The van der Waals surface area contributed by atoms with Crippen molar-refractivity contribution in [2.24, 2.45) is 11.8 Å². The van der Waals surface area contributed by atoms with Gasteiger partial charge in [0.05, 0.1) is 0 Å². The molecule has 3 unspecified atom stereocenters. The Bertz CT molecular complexity index is 373. The highest BCUT2D eigenvalue weighted by Gasteiger charge is 2.27. The number of likely N-dealkylation sites (tertiary alicyclic amines) is 1. The molecule has 1 aliphatic heterocycles. The highest BCUT2D eigenvalue weighted by Crippen LogP contribution is 2.24. The van der Waals surface area contributed by atoms with Crippen LogP contribution in [0.15, 0.2) is 0 Å². The van der Waals surface area contributed by atoms with Crippen molar-refractivity contribution in [1.82, 2.24) is 10.2 Å². The van der Waals surface area contributed by atoms with Crippen molar-refractivity contribution >= 4 is 12.0 Å². The summed E-state index contributed by atoms with van der Waals surface area (Å²) in [4.78, 5) is 25.0. The molecule has 1 saturated heterocycles. The summed E-state index contributed by atoms with van der Waals surface area (Å²) in [6.45, 7) is 3.62. The van der Waals surface area contributed by atoms with E-state index in [1.54, 1.807) is 0 Å². The van der Waals surface area contributed by atoms with Gasteiger partial charge < -0.3 is 15.3 Å². The van der Waals surface area contributed by atoms with Gasteiger partial charge in [0.15, 0.2) is 0 Å². The number of carbonyl (C=O) groups is 2. The molecule has 21 heavy (non-hydrogen) atoms. The third-order valence-electron chi connectivity index (χ3n) is 4.85. The molecule has 0 radical (unpaired) electrons. The minimum absolute atomic E-state index is 0.00430. The fourth-order valence-electron chi connectivity index (χ4n) is 3.56. The highest BCUT2D eigenvalue weighted by atomic mass is 16.4. The van der Waals surface area contributed by atoms with Crippen molar-refractivity contribution in [1.29, 1.82) is 0 Å². The topological polar surface area (TPSA) is 69.6 Å². The van der Waals surface area contributed by atoms with E-state index >= 15 is 0 Å². The van der Waals surface area contributed by atoms with E-state index in [4.69, 9.17) is 5.11 Å². The number of hydrogen-bond acceptors (Lipinski definition) is 2. The molecule has 1 saturated carbocycles. The van der Waals surface area contributed by atoms with E-state index in [-0.39, 0.29) is 18.4 Å². The largest absolute Gasteiger partial charge is 0.481 e. The summed E-state index contributed by atoms with van der Waals surface area (Å²) in [5.41, 5.74) is 0. The van der Waals surface area contributed by atoms with Crippen molar-refractivity contribution in [3.8, 4) is 0 Å². The zero-order valence-corrected chi connectivity index (χ0v) is 13.0. The van der Waals surface area contributed by atoms with Crippen molar-refractivity contribution in [2.45, 2.75) is 64.3 Å². The minimum Gasteiger partial charge on any atom is -0.481 e. The molecule has 1 aliphatic carbocycles. The summed E-state index contributed by atoms with van der Waals surface area (Å²) >= 11 is 0. The minimum atomic E-state index is -0.764. The number of hydrogen-bond donors (Lipinski definition) is 2. The summed E-state index contributed by atoms with van der Waals surface area (Å²) in [5.74, 6) is 0.109. The van der Waals surface area contributed by atoms with Crippen LogP contribution in [0.25, 0.3) is 0 Å². The van der Waals surface area contributed by atoms with Gasteiger partial charge in [0, 0.05) is 25.6 Å². The molecule has 0 bridgehead atoms. The molecule has 3 atom stereocenters. The average molecular weight is 296 g/mol. The van der Waals surface area contributed by atoms with Gasteiger partial charge in [-0.25, -0.2) is 4.79 Å². The van der Waals surface area contributed by atoms with Crippen LogP contribution in [0.4, 0.5) is 4.79 Å². The summed E-state index contributed by atoms with van der Waals surface area (Å²) in [7, 11) is 0. The molecule has 5 heteroatoms. The molecule has 120 valence electrons. The van der Waals surface area contributed by atoms with Crippen LogP contribution in [0.3, 0.4) is 0 Å². The van der Waals surface area contributed by atoms with Gasteiger partial charge in [-0.2, -0.15) is 0 Å². The zero-order chi connectivity index (χ0) is 15.2. The van der Waals surface area contributed by atoms with Crippen molar-refractivity contribution in [3.05, 3.63) is 0 Å². The van der Waals surface area contributed by atoms with Gasteiger partial charge in [0.1, 0.15) is 0 Å². The van der Waals surface area contributed by atoms with Crippen molar-refractivity contribution in [2.75, 3.05) is 13.1 Å². The number of amides is 2. The predicted octanol–water partition coefficient (Wildman–Crippen LogP) is 2.85. The lowest BCUT2D eigenvalue weighted by Crippen LogP contribution is -2.48. The van der Waals surface area contributed by atoms with Crippen LogP contribution >= 0.6 is 0 Å². The normalized spacial score (nSPS) is 30.5. The molecular weight excluding hydrogens is 268 g/mol. The van der Waals surface area contributed by atoms with E-state index < -0.39 is 5.97 Å². The van der Waals surface area contributed by atoms with E-state index in [0.717, 1.165) is 38.1 Å². The molecule has 0 aromatic carbocycles. The Hall–Kier alpha value is -1.26. The first-order chi connectivity index (χ1) is 10.0. The number of rotatable bonds is 3. The number of carbonyl (C=O) groups excluding carboxylic acids is 1. The zero-order valence-electron chi connectivity index (χ0n) is 13.0. The molecule has 0 spiro atoms. The number of urea groups is 1. The van der Waals surface area contributed by atoms with E-state index in [2.05, 4.69) is 12.2 Å². The van der Waals surface area contributed by atoms with E-state index in [1.807, 2.05) is 4.90 Å². The van der Waals surface area contributed by atoms with Gasteiger partial charge in [-0.15, -0.1) is 0 Å². The molecule has 2 aliphatic rings. The van der Waals surface area contributed by atoms with Crippen LogP contribution in [0.2, 0.25) is 0 Å². The molecule has 2 amide bonds. The Morgan fingerprint density at radius 2 is 1.95 bits per heavy atom. The number of carboxylic acids is 1. The molecular formula is C16H28N2O3. The second kappa shape index (κ2) is 7.66. The lowest BCUT2D eigenvalue weighted by molar-refractivity contribution is -0.138. The number of nitrogens with zero attached hydrogens (tertiary/aromatic N) is 1. The van der Waals surface area contributed by atoms with Crippen molar-refractivity contribution in [3.63, 3.8) is 0 Å². The van der Waals surface area contributed by atoms with Crippen molar-refractivity contribution < 1.29 is 14.7 Å². The Morgan fingerprint density at radius 3 is 2.71 bits per heavy atom. The van der Waals surface area contributed by atoms with E-state index in [9.17, 15) is 9.59 Å². The van der Waals surface area contributed by atoms with Crippen LogP contribution < -0.4 is 5.32 Å². The maximum absolute atomic E-state index is 12.4. The second-order valence-corrected chi connectivity index (χ2v) is 6.81. The highest BCUT2D eigenvalue weighted by molar-refractivity contribution is 5.75. The third-order valence-corrected chi connectivity index (χ3v) is 4.85. The summed E-state index contributed by atoms with van der Waals surface area (Å²) in [5, 5.41) is 12.1. The molecule has 2 rings (SSSR count). The quantitative estimate of drug-likeness (QED) is 0.787. The second-order valence-electron chi connectivity index (χ2n) is 6.81. The first-order valence-electron chi connectivity index (χ1n) is 8.32. The summed E-state index contributed by atoms with van der Waals surface area (Å²) in [6.07, 6.45) is 7.77. The Balaban J connectivity index is 1.80. The standard InChI is InChI=1S/C16H28N2O3/c1-12-4-2-6-14(8-7-12)17-16(21)18-9-3-5-13(11-18)10-15(19)20/h12-14H,2-11H2,1H3,(H,17,21)(H,19,20). The first kappa shape index (κ1) is 16.1. The Labute approximate surface area is 127 Å². The molecule has 1 heterocycles. The lowest BCUT2D eigenvalue weighted by Gasteiger charge is -2.33. The van der Waals surface area contributed by atoms with Crippen LogP contribution in [0.1, 0.15) is 58.3 Å². The number of aliphatic carboxylic acids is 1. The number of piperidine rings is 1. The van der Waals surface area contributed by atoms with E-state index in [0.29, 0.717) is 12.6 Å². The lowest BCUT2D eigenvalue weighted by atomic mass is 9.95. The fraction of sp³-hybridized carbons (Fsp3) is 0.875. The van der Waals surface area contributed by atoms with Gasteiger partial charge in [-0.3, -0.25) is 4.79 Å². The van der Waals surface area contributed by atoms with E-state index in [1.165, 1.54) is 19.3 Å². The first-order valence-corrected chi connectivity index (χ1v) is 8.32. The smallest absolute Gasteiger partial charge is 0.317 e. The van der Waals surface area contributed by atoms with Gasteiger partial charge >= 0.3 is 12.0 Å². The third kappa shape index (κ3) is 5.21. The average Bonchev–Trinajstić information content (AvgIpc) is 2.63. The Kier molecular flexibility index (Phi) is 5.88. The summed E-state index contributed by atoms with van der Waals surface area (Å²) < 4.78 is 0. The molecule has 0 aromatic heterocycles. The van der Waals surface area contributed by atoms with Gasteiger partial charge in [0.25, 0.3) is 0 Å². The van der Waals surface area contributed by atoms with Gasteiger partial charge in [0.2, 0.25) is 0 Å². The van der Waals surface area contributed by atoms with Gasteiger partial charge in [-0.05, 0) is 43.9 Å². The molecule has 2 fully saturated rings. The maximum Gasteiger partial charge on any atom is 0.317 e. The SMILES string of the molecule is CC1CCCC(NC(=O)N2CCCC(CC(=O)O)C2)CC1. The molecule has 5 nitrogen and oxygen atoms in total. The predicted molar refractivity (Wildman–Crippen MR) is 81.1 cm³/mol. The Morgan fingerprint density at radius 1 is 1.14 bits per heavy atom. The monoisotopic (exact) mass is 296 g/mol. The van der Waals surface area contributed by atoms with Crippen LogP contribution in [0, 0.1) is 11.8 Å². The van der Waals surface area contributed by atoms with Gasteiger partial charge in [-0.1, -0.05) is 19.8 Å². The maximum atomic E-state index is 12.4. The number of nitrogens with one attached hydrogen (secondary N) is 1. The molecule has 2 N–H and O–H groups in total. The van der Waals surface area contributed by atoms with Crippen LogP contribution in [-0.2, 0) is 4.79 Å². The fourth-order valence-corrected chi connectivity index (χ4v) is 3.56. The summed E-state index contributed by atoms with van der Waals surface area (Å²) in [6, 6.07) is 0.298. The molecule has 0 aromatic rings.